The Morgan fingerprint density at radius 3 is 2.41 bits per heavy atom. The van der Waals surface area contributed by atoms with E-state index in [4.69, 9.17) is 0 Å². The number of benzene rings is 2. The highest BCUT2D eigenvalue weighted by Gasteiger charge is 2.11. The first kappa shape index (κ1) is 10.4. The number of phenols is 1. The van der Waals surface area contributed by atoms with Crippen molar-refractivity contribution in [1.82, 2.24) is 3.59 Å². The molecule has 0 bridgehead atoms. The molecule has 0 aliphatic carbocycles. The van der Waals surface area contributed by atoms with Crippen molar-refractivity contribution in [3.05, 3.63) is 54.6 Å². The van der Waals surface area contributed by atoms with Gasteiger partial charge in [-0.15, -0.1) is 0 Å². The van der Waals surface area contributed by atoms with Crippen LogP contribution in [0.2, 0.25) is 0 Å². The minimum absolute atomic E-state index is 0.288. The average Bonchev–Trinajstić information content (AvgIpc) is 2.68. The highest BCUT2D eigenvalue weighted by Crippen LogP contribution is 2.34. The fourth-order valence-corrected chi connectivity index (χ4v) is 2.61. The van der Waals surface area contributed by atoms with Crippen LogP contribution in [0.3, 0.4) is 0 Å². The van der Waals surface area contributed by atoms with E-state index >= 15 is 0 Å². The Labute approximate surface area is 107 Å². The maximum absolute atomic E-state index is 9.88. The van der Waals surface area contributed by atoms with E-state index in [0.29, 0.717) is 0 Å². The Morgan fingerprint density at radius 1 is 0.941 bits per heavy atom. The van der Waals surface area contributed by atoms with Crippen LogP contribution in [0.4, 0.5) is 0 Å². The minimum atomic E-state index is 0.288. The Balaban J connectivity index is 2.32. The molecule has 0 radical (unpaired) electrons. The maximum atomic E-state index is 9.88. The van der Waals surface area contributed by atoms with Crippen molar-refractivity contribution < 1.29 is 5.11 Å². The zero-order valence-corrected chi connectivity index (χ0v) is 10.6. The SMILES string of the molecule is Oc1ccccc1-c1cc2ccccc2n1Br. The number of fused-ring (bicyclic) bond motifs is 1. The second-order valence-corrected chi connectivity index (χ2v) is 4.60. The van der Waals surface area contributed by atoms with Crippen molar-refractivity contribution in [3.63, 3.8) is 0 Å². The maximum Gasteiger partial charge on any atom is 0.124 e. The fraction of sp³-hybridized carbons (Fsp3) is 0. The fourth-order valence-electron chi connectivity index (χ4n) is 2.00. The van der Waals surface area contributed by atoms with E-state index in [1.54, 1.807) is 6.07 Å². The van der Waals surface area contributed by atoms with Gasteiger partial charge in [0.2, 0.25) is 0 Å². The average molecular weight is 288 g/mol. The van der Waals surface area contributed by atoms with Gasteiger partial charge in [-0.3, -0.25) is 3.59 Å². The first-order valence-electron chi connectivity index (χ1n) is 5.32. The Hall–Kier alpha value is -1.74. The number of halogens is 1. The summed E-state index contributed by atoms with van der Waals surface area (Å²) in [6, 6.07) is 17.5. The molecule has 2 nitrogen and oxygen atoms in total. The summed E-state index contributed by atoms with van der Waals surface area (Å²) in [5, 5.41) is 11.0. The highest BCUT2D eigenvalue weighted by atomic mass is 79.9. The van der Waals surface area contributed by atoms with Crippen molar-refractivity contribution in [2.24, 2.45) is 0 Å². The van der Waals surface area contributed by atoms with Crippen LogP contribution in [0, 0.1) is 0 Å². The summed E-state index contributed by atoms with van der Waals surface area (Å²) in [6.45, 7) is 0. The quantitative estimate of drug-likeness (QED) is 0.714. The van der Waals surface area contributed by atoms with E-state index < -0.39 is 0 Å². The lowest BCUT2D eigenvalue weighted by atomic mass is 10.1. The zero-order chi connectivity index (χ0) is 11.8. The summed E-state index contributed by atoms with van der Waals surface area (Å²) in [5.41, 5.74) is 2.86. The molecular weight excluding hydrogens is 278 g/mol. The van der Waals surface area contributed by atoms with Crippen LogP contribution in [-0.4, -0.2) is 8.70 Å². The van der Waals surface area contributed by atoms with Gasteiger partial charge in [-0.1, -0.05) is 30.3 Å². The molecule has 17 heavy (non-hydrogen) atoms. The molecule has 0 atom stereocenters. The molecule has 0 amide bonds. The van der Waals surface area contributed by atoms with Gasteiger partial charge in [0.1, 0.15) is 5.75 Å². The van der Waals surface area contributed by atoms with Gasteiger partial charge in [-0.2, -0.15) is 0 Å². The van der Waals surface area contributed by atoms with Crippen molar-refractivity contribution in [2.75, 3.05) is 0 Å². The number of hydrogen-bond donors (Lipinski definition) is 1. The van der Waals surface area contributed by atoms with Crippen molar-refractivity contribution in [3.8, 4) is 17.0 Å². The van der Waals surface area contributed by atoms with Gasteiger partial charge in [0, 0.05) is 10.9 Å². The van der Waals surface area contributed by atoms with Gasteiger partial charge in [-0.05, 0) is 24.3 Å². The van der Waals surface area contributed by atoms with E-state index in [1.807, 2.05) is 40.0 Å². The third-order valence-corrected chi connectivity index (χ3v) is 3.60. The largest absolute Gasteiger partial charge is 0.507 e. The molecule has 0 saturated carbocycles. The molecule has 0 aliphatic heterocycles. The molecule has 0 unspecified atom stereocenters. The van der Waals surface area contributed by atoms with Gasteiger partial charge < -0.3 is 5.11 Å². The molecule has 1 heterocycles. The van der Waals surface area contributed by atoms with Crippen LogP contribution in [0.25, 0.3) is 22.2 Å². The van der Waals surface area contributed by atoms with Gasteiger partial charge in [0.05, 0.1) is 27.4 Å². The van der Waals surface area contributed by atoms with E-state index in [9.17, 15) is 5.11 Å². The zero-order valence-electron chi connectivity index (χ0n) is 8.97. The number of rotatable bonds is 1. The summed E-state index contributed by atoms with van der Waals surface area (Å²) in [6.07, 6.45) is 0. The van der Waals surface area contributed by atoms with Crippen LogP contribution < -0.4 is 0 Å². The van der Waals surface area contributed by atoms with E-state index in [-0.39, 0.29) is 5.75 Å². The third kappa shape index (κ3) is 1.63. The van der Waals surface area contributed by atoms with E-state index in [1.165, 1.54) is 0 Å². The Bertz CT molecular complexity index is 688. The minimum Gasteiger partial charge on any atom is -0.507 e. The number of aromatic hydroxyl groups is 1. The van der Waals surface area contributed by atoms with Crippen molar-refractivity contribution in [2.45, 2.75) is 0 Å². The summed E-state index contributed by atoms with van der Waals surface area (Å²) < 4.78 is 1.91. The molecule has 1 aromatic heterocycles. The molecule has 3 heteroatoms. The predicted molar refractivity (Wildman–Crippen MR) is 73.4 cm³/mol. The molecule has 0 spiro atoms. The molecule has 0 aliphatic rings. The molecular formula is C14H10BrNO. The summed E-state index contributed by atoms with van der Waals surface area (Å²) >= 11 is 3.53. The van der Waals surface area contributed by atoms with Gasteiger partial charge in [-0.25, -0.2) is 0 Å². The molecule has 0 fully saturated rings. The number of phenolic OH excluding ortho intramolecular Hbond substituents is 1. The monoisotopic (exact) mass is 287 g/mol. The molecule has 3 aromatic rings. The molecule has 84 valence electrons. The van der Waals surface area contributed by atoms with E-state index in [2.05, 4.69) is 28.3 Å². The number of hydrogen-bond acceptors (Lipinski definition) is 1. The van der Waals surface area contributed by atoms with Gasteiger partial charge in [0.25, 0.3) is 0 Å². The Morgan fingerprint density at radius 2 is 1.65 bits per heavy atom. The molecule has 1 N–H and O–H groups in total. The van der Waals surface area contributed by atoms with Crippen LogP contribution in [0.1, 0.15) is 0 Å². The highest BCUT2D eigenvalue weighted by molar-refractivity contribution is 9.08. The first-order chi connectivity index (χ1) is 8.27. The molecule has 0 saturated heterocycles. The summed E-state index contributed by atoms with van der Waals surface area (Å²) in [4.78, 5) is 0. The second kappa shape index (κ2) is 3.93. The van der Waals surface area contributed by atoms with Crippen LogP contribution in [0.5, 0.6) is 5.75 Å². The first-order valence-corrected chi connectivity index (χ1v) is 6.03. The smallest absolute Gasteiger partial charge is 0.124 e. The van der Waals surface area contributed by atoms with Gasteiger partial charge >= 0.3 is 0 Å². The van der Waals surface area contributed by atoms with Gasteiger partial charge in [0.15, 0.2) is 0 Å². The van der Waals surface area contributed by atoms with Crippen LogP contribution in [-0.2, 0) is 0 Å². The van der Waals surface area contributed by atoms with Crippen LogP contribution >= 0.6 is 16.1 Å². The number of para-hydroxylation sites is 2. The third-order valence-electron chi connectivity index (χ3n) is 2.83. The normalized spacial score (nSPS) is 10.9. The lowest BCUT2D eigenvalue weighted by Crippen LogP contribution is -1.84. The summed E-state index contributed by atoms with van der Waals surface area (Å²) in [7, 11) is 0. The molecule has 3 rings (SSSR count). The molecule has 2 aromatic carbocycles. The van der Waals surface area contributed by atoms with Crippen molar-refractivity contribution in [1.29, 1.82) is 0 Å². The number of nitrogens with zero attached hydrogens (tertiary/aromatic N) is 1. The summed E-state index contributed by atoms with van der Waals surface area (Å²) in [5.74, 6) is 0.288. The van der Waals surface area contributed by atoms with Crippen molar-refractivity contribution >= 4 is 27.1 Å². The number of aromatic nitrogens is 1. The Kier molecular flexibility index (Phi) is 2.41. The van der Waals surface area contributed by atoms with Crippen LogP contribution in [0.15, 0.2) is 54.6 Å². The topological polar surface area (TPSA) is 25.2 Å². The lowest BCUT2D eigenvalue weighted by molar-refractivity contribution is 0.477. The van der Waals surface area contributed by atoms with E-state index in [0.717, 1.165) is 22.2 Å². The lowest BCUT2D eigenvalue weighted by Gasteiger charge is -2.04. The predicted octanol–water partition coefficient (Wildman–Crippen LogP) is 4.17. The standard InChI is InChI=1S/C14H10BrNO/c15-16-12-7-3-1-5-10(12)9-13(16)11-6-2-4-8-14(11)17/h1-9,17H. The second-order valence-electron chi connectivity index (χ2n) is 3.89.